The number of pyridine rings is 1. The van der Waals surface area contributed by atoms with Crippen LogP contribution in [-0.4, -0.2) is 44.1 Å². The van der Waals surface area contributed by atoms with E-state index in [-0.39, 0.29) is 11.8 Å². The molecular weight excluding hydrogens is 418 g/mol. The van der Waals surface area contributed by atoms with Crippen molar-refractivity contribution in [3.8, 4) is 11.5 Å². The van der Waals surface area contributed by atoms with Gasteiger partial charge in [0.25, 0.3) is 5.89 Å². The van der Waals surface area contributed by atoms with Gasteiger partial charge in [-0.2, -0.15) is 4.98 Å². The van der Waals surface area contributed by atoms with Crippen molar-refractivity contribution in [1.82, 2.24) is 25.1 Å². The molecule has 4 aromatic rings. The molecule has 0 saturated carbocycles. The Morgan fingerprint density at radius 2 is 2.00 bits per heavy atom. The zero-order chi connectivity index (χ0) is 22.8. The second kappa shape index (κ2) is 8.93. The van der Waals surface area contributed by atoms with Gasteiger partial charge in [-0.05, 0) is 44.0 Å². The summed E-state index contributed by atoms with van der Waals surface area (Å²) >= 11 is 0. The highest BCUT2D eigenvalue weighted by atomic mass is 16.5. The first kappa shape index (κ1) is 21.0. The Morgan fingerprint density at radius 1 is 1.15 bits per heavy atom. The van der Waals surface area contributed by atoms with Crippen molar-refractivity contribution < 1.29 is 9.32 Å². The fourth-order valence-corrected chi connectivity index (χ4v) is 4.16. The molecule has 1 saturated heterocycles. The molecular formula is C24H25N7O2. The number of aryl methyl sites for hydroxylation is 2. The Morgan fingerprint density at radius 3 is 2.79 bits per heavy atom. The van der Waals surface area contributed by atoms with E-state index in [2.05, 4.69) is 35.3 Å². The van der Waals surface area contributed by atoms with E-state index < -0.39 is 0 Å². The summed E-state index contributed by atoms with van der Waals surface area (Å²) in [4.78, 5) is 33.0. The lowest BCUT2D eigenvalue weighted by Gasteiger charge is -2.33. The third kappa shape index (κ3) is 4.26. The van der Waals surface area contributed by atoms with Crippen molar-refractivity contribution in [2.45, 2.75) is 33.1 Å². The molecule has 0 bridgehead atoms. The maximum absolute atomic E-state index is 13.0. The molecule has 0 aliphatic carbocycles. The molecule has 4 heterocycles. The molecule has 1 amide bonds. The number of fused-ring (bicyclic) bond motifs is 1. The summed E-state index contributed by atoms with van der Waals surface area (Å²) in [6.45, 7) is 5.24. The molecule has 1 aliphatic heterocycles. The summed E-state index contributed by atoms with van der Waals surface area (Å²) in [5.41, 5.74) is 2.38. The van der Waals surface area contributed by atoms with Gasteiger partial charge >= 0.3 is 0 Å². The highest BCUT2D eigenvalue weighted by Crippen LogP contribution is 2.31. The Hall–Kier alpha value is -3.88. The molecule has 0 spiro atoms. The minimum Gasteiger partial charge on any atom is -0.356 e. The van der Waals surface area contributed by atoms with Gasteiger partial charge in [-0.3, -0.25) is 9.78 Å². The SMILES string of the molecule is CCc1noc(-c2cnc(C)nc2N2CCC(C(=O)Nc3cccc4ncccc34)CC2)n1. The number of hydrogen-bond donors (Lipinski definition) is 1. The number of anilines is 2. The Labute approximate surface area is 191 Å². The summed E-state index contributed by atoms with van der Waals surface area (Å²) < 4.78 is 5.44. The molecule has 1 N–H and O–H groups in total. The molecule has 3 aromatic heterocycles. The standard InChI is InChI=1S/C24H25N7O2/c1-3-21-29-24(33-30-21)18-14-26-15(2)27-22(18)31-12-9-16(10-13-31)23(32)28-20-8-4-7-19-17(20)6-5-11-25-19/h4-8,11,14,16H,3,9-10,12-13H2,1-2H3,(H,28,32). The van der Waals surface area contributed by atoms with E-state index in [1.807, 2.05) is 44.2 Å². The molecule has 9 nitrogen and oxygen atoms in total. The van der Waals surface area contributed by atoms with Crippen LogP contribution in [0, 0.1) is 12.8 Å². The van der Waals surface area contributed by atoms with Gasteiger partial charge in [0, 0.05) is 43.2 Å². The Bertz CT molecular complexity index is 1290. The maximum atomic E-state index is 13.0. The number of piperidine rings is 1. The number of carbonyl (C=O) groups excluding carboxylic acids is 1. The third-order valence-electron chi connectivity index (χ3n) is 5.97. The molecule has 1 aliphatic rings. The summed E-state index contributed by atoms with van der Waals surface area (Å²) in [6, 6.07) is 9.62. The van der Waals surface area contributed by atoms with Crippen LogP contribution < -0.4 is 10.2 Å². The first-order valence-corrected chi connectivity index (χ1v) is 11.2. The van der Waals surface area contributed by atoms with E-state index in [1.54, 1.807) is 12.4 Å². The topological polar surface area (TPSA) is 110 Å². The van der Waals surface area contributed by atoms with Gasteiger partial charge in [0.2, 0.25) is 5.91 Å². The van der Waals surface area contributed by atoms with Crippen LogP contribution in [0.1, 0.15) is 31.4 Å². The summed E-state index contributed by atoms with van der Waals surface area (Å²) in [6.07, 6.45) is 5.63. The zero-order valence-corrected chi connectivity index (χ0v) is 18.7. The molecule has 0 radical (unpaired) electrons. The van der Waals surface area contributed by atoms with E-state index in [4.69, 9.17) is 4.52 Å². The molecule has 0 atom stereocenters. The Kier molecular flexibility index (Phi) is 5.68. The van der Waals surface area contributed by atoms with E-state index >= 15 is 0 Å². The molecule has 9 heteroatoms. The fourth-order valence-electron chi connectivity index (χ4n) is 4.16. The van der Waals surface area contributed by atoms with Gasteiger partial charge in [-0.25, -0.2) is 9.97 Å². The van der Waals surface area contributed by atoms with Crippen LogP contribution in [0.25, 0.3) is 22.4 Å². The number of aromatic nitrogens is 5. The monoisotopic (exact) mass is 443 g/mol. The van der Waals surface area contributed by atoms with Gasteiger partial charge in [0.15, 0.2) is 5.82 Å². The van der Waals surface area contributed by atoms with E-state index in [0.29, 0.717) is 37.0 Å². The van der Waals surface area contributed by atoms with Gasteiger partial charge in [0.1, 0.15) is 17.2 Å². The van der Waals surface area contributed by atoms with Gasteiger partial charge in [-0.15, -0.1) is 0 Å². The van der Waals surface area contributed by atoms with Crippen LogP contribution in [0.2, 0.25) is 0 Å². The number of nitrogens with one attached hydrogen (secondary N) is 1. The smallest absolute Gasteiger partial charge is 0.263 e. The molecule has 168 valence electrons. The van der Waals surface area contributed by atoms with E-state index in [9.17, 15) is 4.79 Å². The number of hydrogen-bond acceptors (Lipinski definition) is 8. The van der Waals surface area contributed by atoms with Crippen molar-refractivity contribution in [2.75, 3.05) is 23.3 Å². The third-order valence-corrected chi connectivity index (χ3v) is 5.97. The van der Waals surface area contributed by atoms with Crippen LogP contribution in [0.15, 0.2) is 47.2 Å². The quantitative estimate of drug-likeness (QED) is 0.496. The summed E-state index contributed by atoms with van der Waals surface area (Å²) in [5, 5.41) is 8.05. The van der Waals surface area contributed by atoms with Crippen molar-refractivity contribution in [2.24, 2.45) is 5.92 Å². The predicted octanol–water partition coefficient (Wildman–Crippen LogP) is 3.80. The minimum atomic E-state index is -0.0744. The molecule has 1 fully saturated rings. The first-order valence-electron chi connectivity index (χ1n) is 11.2. The lowest BCUT2D eigenvalue weighted by molar-refractivity contribution is -0.120. The Balaban J connectivity index is 1.30. The normalized spacial score (nSPS) is 14.5. The van der Waals surface area contributed by atoms with Crippen LogP contribution in [0.4, 0.5) is 11.5 Å². The second-order valence-corrected chi connectivity index (χ2v) is 8.15. The number of benzene rings is 1. The zero-order valence-electron chi connectivity index (χ0n) is 18.7. The molecule has 1 aromatic carbocycles. The average Bonchev–Trinajstić information content (AvgIpc) is 3.33. The second-order valence-electron chi connectivity index (χ2n) is 8.15. The van der Waals surface area contributed by atoms with E-state index in [0.717, 1.165) is 40.8 Å². The van der Waals surface area contributed by atoms with Crippen molar-refractivity contribution in [1.29, 1.82) is 0 Å². The van der Waals surface area contributed by atoms with Crippen LogP contribution in [0.5, 0.6) is 0 Å². The molecule has 0 unspecified atom stereocenters. The van der Waals surface area contributed by atoms with Crippen molar-refractivity contribution >= 4 is 28.3 Å². The number of amides is 1. The van der Waals surface area contributed by atoms with E-state index in [1.165, 1.54) is 0 Å². The maximum Gasteiger partial charge on any atom is 0.263 e. The molecule has 5 rings (SSSR count). The fraction of sp³-hybridized carbons (Fsp3) is 0.333. The van der Waals surface area contributed by atoms with Crippen LogP contribution in [0.3, 0.4) is 0 Å². The van der Waals surface area contributed by atoms with Crippen LogP contribution in [-0.2, 0) is 11.2 Å². The summed E-state index contributed by atoms with van der Waals surface area (Å²) in [7, 11) is 0. The minimum absolute atomic E-state index is 0.0367. The highest BCUT2D eigenvalue weighted by Gasteiger charge is 2.28. The van der Waals surface area contributed by atoms with Crippen molar-refractivity contribution in [3.05, 3.63) is 54.4 Å². The largest absolute Gasteiger partial charge is 0.356 e. The van der Waals surface area contributed by atoms with Gasteiger partial charge < -0.3 is 14.7 Å². The van der Waals surface area contributed by atoms with Gasteiger partial charge in [-0.1, -0.05) is 18.1 Å². The average molecular weight is 444 g/mol. The lowest BCUT2D eigenvalue weighted by Crippen LogP contribution is -2.39. The highest BCUT2D eigenvalue weighted by molar-refractivity contribution is 6.01. The first-order chi connectivity index (χ1) is 16.1. The molecule has 33 heavy (non-hydrogen) atoms. The number of nitrogens with zero attached hydrogens (tertiary/aromatic N) is 6. The summed E-state index contributed by atoms with van der Waals surface area (Å²) in [5.74, 6) is 2.48. The number of rotatable bonds is 5. The van der Waals surface area contributed by atoms with Gasteiger partial charge in [0.05, 0.1) is 11.2 Å². The lowest BCUT2D eigenvalue weighted by atomic mass is 9.95. The number of carbonyl (C=O) groups is 1. The predicted molar refractivity (Wildman–Crippen MR) is 125 cm³/mol. The van der Waals surface area contributed by atoms with Crippen molar-refractivity contribution in [3.63, 3.8) is 0 Å². The van der Waals surface area contributed by atoms with Crippen LogP contribution >= 0.6 is 0 Å².